The summed E-state index contributed by atoms with van der Waals surface area (Å²) in [5.74, 6) is -0.438. The van der Waals surface area contributed by atoms with E-state index < -0.39 is 11.9 Å². The predicted molar refractivity (Wildman–Crippen MR) is 74.6 cm³/mol. The van der Waals surface area contributed by atoms with Crippen molar-refractivity contribution in [2.75, 3.05) is 13.2 Å². The maximum Gasteiger partial charge on any atom is 0.252 e. The molecule has 1 aromatic rings. The van der Waals surface area contributed by atoms with Crippen molar-refractivity contribution in [2.24, 2.45) is 0 Å². The first-order valence-electron chi connectivity index (χ1n) is 4.66. The van der Waals surface area contributed by atoms with Crippen molar-refractivity contribution >= 4 is 51.7 Å². The second-order valence-electron chi connectivity index (χ2n) is 3.28. The number of carbonyl (C=O) groups excluding carboxylic acids is 1. The minimum atomic E-state index is -0.698. The number of hydrogen-bond donors (Lipinski definition) is 3. The van der Waals surface area contributed by atoms with Gasteiger partial charge in [-0.25, -0.2) is 0 Å². The van der Waals surface area contributed by atoms with Crippen LogP contribution in [0.25, 0.3) is 0 Å². The van der Waals surface area contributed by atoms with Gasteiger partial charge in [-0.2, -0.15) is 0 Å². The molecule has 0 radical (unpaired) electrons. The Bertz CT molecular complexity index is 424. The minimum Gasteiger partial charge on any atom is -0.394 e. The lowest BCUT2D eigenvalue weighted by Crippen LogP contribution is -2.40. The molecule has 1 amide bonds. The van der Waals surface area contributed by atoms with E-state index in [0.29, 0.717) is 19.2 Å². The van der Waals surface area contributed by atoms with Gasteiger partial charge in [0, 0.05) is 8.59 Å². The van der Waals surface area contributed by atoms with Crippen molar-refractivity contribution in [3.05, 3.63) is 31.3 Å². The van der Waals surface area contributed by atoms with Crippen LogP contribution in [0.15, 0.2) is 12.1 Å². The number of rotatable bonds is 4. The summed E-state index contributed by atoms with van der Waals surface area (Å²) in [6.45, 7) is -0.680. The van der Waals surface area contributed by atoms with Crippen molar-refractivity contribution in [2.45, 2.75) is 6.04 Å². The van der Waals surface area contributed by atoms with Crippen LogP contribution in [0, 0.1) is 3.57 Å². The van der Waals surface area contributed by atoms with E-state index in [1.54, 1.807) is 0 Å². The summed E-state index contributed by atoms with van der Waals surface area (Å²) in [5.41, 5.74) is 0.315. The number of aliphatic hydroxyl groups is 2. The molecule has 0 saturated carbocycles. The van der Waals surface area contributed by atoms with Crippen LogP contribution in [-0.2, 0) is 0 Å². The van der Waals surface area contributed by atoms with Crippen LogP contribution in [0.4, 0.5) is 0 Å². The Kier molecular flexibility index (Phi) is 5.94. The lowest BCUT2D eigenvalue weighted by Gasteiger charge is -2.14. The molecular formula is C10H10Cl2INO3. The standard InChI is InChI=1S/C10H10Cl2INO3/c11-5-1-7(9(13)8(12)2-5)10(17)14-6(3-15)4-16/h1-2,6,15-16H,3-4H2,(H,14,17). The van der Waals surface area contributed by atoms with E-state index in [1.807, 2.05) is 22.6 Å². The zero-order valence-electron chi connectivity index (χ0n) is 8.58. The molecule has 0 unspecified atom stereocenters. The van der Waals surface area contributed by atoms with Crippen molar-refractivity contribution in [1.29, 1.82) is 0 Å². The van der Waals surface area contributed by atoms with Gasteiger partial charge in [0.15, 0.2) is 0 Å². The minimum absolute atomic E-state index is 0.315. The maximum absolute atomic E-state index is 11.8. The molecule has 7 heteroatoms. The zero-order valence-corrected chi connectivity index (χ0v) is 12.3. The van der Waals surface area contributed by atoms with Gasteiger partial charge >= 0.3 is 0 Å². The average Bonchev–Trinajstić information content (AvgIpc) is 2.30. The van der Waals surface area contributed by atoms with E-state index >= 15 is 0 Å². The first-order valence-corrected chi connectivity index (χ1v) is 6.50. The van der Waals surface area contributed by atoms with Crippen LogP contribution in [0.5, 0.6) is 0 Å². The number of halogens is 3. The molecule has 3 N–H and O–H groups in total. The average molecular weight is 390 g/mol. The Morgan fingerprint density at radius 3 is 2.47 bits per heavy atom. The Balaban J connectivity index is 2.96. The van der Waals surface area contributed by atoms with E-state index in [1.165, 1.54) is 12.1 Å². The number of nitrogens with one attached hydrogen (secondary N) is 1. The fraction of sp³-hybridized carbons (Fsp3) is 0.300. The van der Waals surface area contributed by atoms with Crippen LogP contribution in [0.3, 0.4) is 0 Å². The van der Waals surface area contributed by atoms with Crippen LogP contribution in [-0.4, -0.2) is 35.4 Å². The largest absolute Gasteiger partial charge is 0.394 e. The zero-order chi connectivity index (χ0) is 13.0. The molecule has 0 heterocycles. The molecular weight excluding hydrogens is 380 g/mol. The molecule has 4 nitrogen and oxygen atoms in total. The van der Waals surface area contributed by atoms with Crippen molar-refractivity contribution in [3.63, 3.8) is 0 Å². The predicted octanol–water partition coefficient (Wildman–Crippen LogP) is 1.68. The second-order valence-corrected chi connectivity index (χ2v) is 5.21. The maximum atomic E-state index is 11.8. The molecule has 1 aromatic carbocycles. The molecule has 0 fully saturated rings. The number of amides is 1. The monoisotopic (exact) mass is 389 g/mol. The Labute approximate surface area is 122 Å². The molecule has 0 aliphatic heterocycles. The summed E-state index contributed by atoms with van der Waals surface area (Å²) in [4.78, 5) is 11.8. The van der Waals surface area contributed by atoms with Gasteiger partial charge in [0.25, 0.3) is 5.91 Å². The van der Waals surface area contributed by atoms with E-state index in [4.69, 9.17) is 33.4 Å². The number of aliphatic hydroxyl groups excluding tert-OH is 2. The van der Waals surface area contributed by atoms with Crippen LogP contribution >= 0.6 is 45.8 Å². The van der Waals surface area contributed by atoms with Gasteiger partial charge in [-0.05, 0) is 34.7 Å². The quantitative estimate of drug-likeness (QED) is 0.542. The smallest absolute Gasteiger partial charge is 0.252 e. The van der Waals surface area contributed by atoms with Gasteiger partial charge in [0.2, 0.25) is 0 Å². The summed E-state index contributed by atoms with van der Waals surface area (Å²) in [7, 11) is 0. The Morgan fingerprint density at radius 1 is 1.35 bits per heavy atom. The van der Waals surface area contributed by atoms with Gasteiger partial charge in [-0.1, -0.05) is 23.2 Å². The lowest BCUT2D eigenvalue weighted by molar-refractivity contribution is 0.0878. The highest BCUT2D eigenvalue weighted by molar-refractivity contribution is 14.1. The van der Waals surface area contributed by atoms with Gasteiger partial charge in [0.05, 0.1) is 29.8 Å². The Morgan fingerprint density at radius 2 is 1.94 bits per heavy atom. The van der Waals surface area contributed by atoms with Crippen LogP contribution in [0.1, 0.15) is 10.4 Å². The van der Waals surface area contributed by atoms with Gasteiger partial charge in [-0.15, -0.1) is 0 Å². The molecule has 0 saturated heterocycles. The summed E-state index contributed by atoms with van der Waals surface area (Å²) in [6.07, 6.45) is 0. The fourth-order valence-electron chi connectivity index (χ4n) is 1.13. The summed E-state index contributed by atoms with van der Waals surface area (Å²) in [5, 5.41) is 20.9. The van der Waals surface area contributed by atoms with E-state index in [-0.39, 0.29) is 13.2 Å². The normalized spacial score (nSPS) is 10.7. The molecule has 0 bridgehead atoms. The first-order chi connectivity index (χ1) is 7.99. The highest BCUT2D eigenvalue weighted by atomic mass is 127. The highest BCUT2D eigenvalue weighted by Crippen LogP contribution is 2.26. The topological polar surface area (TPSA) is 69.6 Å². The van der Waals surface area contributed by atoms with E-state index in [2.05, 4.69) is 5.32 Å². The molecule has 17 heavy (non-hydrogen) atoms. The number of benzene rings is 1. The molecule has 0 aliphatic carbocycles. The third-order valence-electron chi connectivity index (χ3n) is 2.01. The highest BCUT2D eigenvalue weighted by Gasteiger charge is 2.17. The molecule has 1 rings (SSSR count). The van der Waals surface area contributed by atoms with E-state index in [0.717, 1.165) is 0 Å². The molecule has 0 aromatic heterocycles. The SMILES string of the molecule is O=C(NC(CO)CO)c1cc(Cl)cc(Cl)c1I. The summed E-state index contributed by atoms with van der Waals surface area (Å²) < 4.78 is 0.570. The number of hydrogen-bond acceptors (Lipinski definition) is 3. The Hall–Kier alpha value is -0.0800. The van der Waals surface area contributed by atoms with Crippen LogP contribution < -0.4 is 5.32 Å². The second kappa shape index (κ2) is 6.75. The molecule has 0 spiro atoms. The van der Waals surface area contributed by atoms with Gasteiger partial charge in [0.1, 0.15) is 0 Å². The summed E-state index contributed by atoms with van der Waals surface area (Å²) >= 11 is 13.6. The van der Waals surface area contributed by atoms with Crippen molar-refractivity contribution < 1.29 is 15.0 Å². The van der Waals surface area contributed by atoms with Gasteiger partial charge in [-0.3, -0.25) is 4.79 Å². The fourth-order valence-corrected chi connectivity index (χ4v) is 2.18. The van der Waals surface area contributed by atoms with Crippen molar-refractivity contribution in [3.8, 4) is 0 Å². The van der Waals surface area contributed by atoms with Crippen molar-refractivity contribution in [1.82, 2.24) is 5.32 Å². The lowest BCUT2D eigenvalue weighted by atomic mass is 10.2. The first kappa shape index (κ1) is 15.0. The number of carbonyl (C=O) groups is 1. The molecule has 0 atom stereocenters. The molecule has 94 valence electrons. The summed E-state index contributed by atoms with van der Waals surface area (Å²) in [6, 6.07) is 2.32. The molecule has 0 aliphatic rings. The van der Waals surface area contributed by atoms with E-state index in [9.17, 15) is 4.79 Å². The van der Waals surface area contributed by atoms with Crippen LogP contribution in [0.2, 0.25) is 10.0 Å². The third-order valence-corrected chi connectivity index (χ3v) is 4.01. The third kappa shape index (κ3) is 3.96. The van der Waals surface area contributed by atoms with Gasteiger partial charge < -0.3 is 15.5 Å².